The number of hydrogen-bond donors (Lipinski definition) is 0. The molecule has 0 spiro atoms. The molecule has 1 heterocycles. The third-order valence-electron chi connectivity index (χ3n) is 2.65. The third kappa shape index (κ3) is 2.56. The summed E-state index contributed by atoms with van der Waals surface area (Å²) in [7, 11) is 0. The van der Waals surface area contributed by atoms with Gasteiger partial charge in [0, 0.05) is 18.0 Å². The molecule has 0 saturated carbocycles. The van der Waals surface area contributed by atoms with Crippen molar-refractivity contribution in [2.24, 2.45) is 0 Å². The highest BCUT2D eigenvalue weighted by molar-refractivity contribution is 5.98. The van der Waals surface area contributed by atoms with E-state index >= 15 is 0 Å². The molecule has 0 saturated heterocycles. The lowest BCUT2D eigenvalue weighted by Gasteiger charge is -2.10. The molecular weight excluding hydrogens is 226 g/mol. The summed E-state index contributed by atoms with van der Waals surface area (Å²) in [6.07, 6.45) is 3.50. The first-order valence-electron chi connectivity index (χ1n) is 5.90. The van der Waals surface area contributed by atoms with Gasteiger partial charge in [-0.05, 0) is 37.6 Å². The van der Waals surface area contributed by atoms with Gasteiger partial charge in [0.05, 0.1) is 12.2 Å². The maximum absolute atomic E-state index is 11.6. The summed E-state index contributed by atoms with van der Waals surface area (Å²) < 4.78 is 5.45. The van der Waals surface area contributed by atoms with Crippen molar-refractivity contribution in [2.45, 2.75) is 13.8 Å². The highest BCUT2D eigenvalue weighted by atomic mass is 16.5. The Hall–Kier alpha value is -2.16. The van der Waals surface area contributed by atoms with Gasteiger partial charge in [-0.25, -0.2) is 0 Å². The van der Waals surface area contributed by atoms with E-state index < -0.39 is 0 Å². The van der Waals surface area contributed by atoms with Crippen molar-refractivity contribution in [3.8, 4) is 16.9 Å². The lowest BCUT2D eigenvalue weighted by atomic mass is 10.0. The Balaban J connectivity index is 2.46. The second kappa shape index (κ2) is 5.45. The number of pyridine rings is 1. The lowest BCUT2D eigenvalue weighted by Crippen LogP contribution is -2.00. The fraction of sp³-hybridized carbons (Fsp3) is 0.200. The first-order valence-corrected chi connectivity index (χ1v) is 5.90. The topological polar surface area (TPSA) is 39.2 Å². The van der Waals surface area contributed by atoms with Crippen molar-refractivity contribution < 1.29 is 9.53 Å². The Kier molecular flexibility index (Phi) is 3.72. The predicted molar refractivity (Wildman–Crippen MR) is 70.8 cm³/mol. The van der Waals surface area contributed by atoms with Crippen LogP contribution in [0, 0.1) is 0 Å². The van der Waals surface area contributed by atoms with Gasteiger partial charge < -0.3 is 4.74 Å². The van der Waals surface area contributed by atoms with Crippen molar-refractivity contribution in [1.29, 1.82) is 0 Å². The number of ether oxygens (including phenoxy) is 1. The van der Waals surface area contributed by atoms with Gasteiger partial charge in [-0.3, -0.25) is 9.78 Å². The zero-order valence-corrected chi connectivity index (χ0v) is 10.5. The second-order valence-electron chi connectivity index (χ2n) is 3.94. The van der Waals surface area contributed by atoms with Crippen LogP contribution < -0.4 is 4.74 Å². The standard InChI is InChI=1S/C15H15NO2/c1-3-18-15-7-6-12(9-14(15)11(2)17)13-5-4-8-16-10-13/h4-10H,3H2,1-2H3. The molecule has 2 rings (SSSR count). The molecule has 0 aliphatic carbocycles. The van der Waals surface area contributed by atoms with Gasteiger partial charge in [-0.1, -0.05) is 12.1 Å². The van der Waals surface area contributed by atoms with Gasteiger partial charge in [0.25, 0.3) is 0 Å². The van der Waals surface area contributed by atoms with Gasteiger partial charge in [-0.15, -0.1) is 0 Å². The first-order chi connectivity index (χ1) is 8.72. The summed E-state index contributed by atoms with van der Waals surface area (Å²) in [5.41, 5.74) is 2.57. The van der Waals surface area contributed by atoms with Crippen LogP contribution in [0.25, 0.3) is 11.1 Å². The van der Waals surface area contributed by atoms with Crippen LogP contribution in [-0.2, 0) is 0 Å². The number of carbonyl (C=O) groups excluding carboxylic acids is 1. The average Bonchev–Trinajstić information content (AvgIpc) is 2.40. The summed E-state index contributed by atoms with van der Waals surface area (Å²) in [6.45, 7) is 4.00. The van der Waals surface area contributed by atoms with Crippen LogP contribution in [0.4, 0.5) is 0 Å². The van der Waals surface area contributed by atoms with Crippen molar-refractivity contribution in [2.75, 3.05) is 6.61 Å². The highest BCUT2D eigenvalue weighted by Crippen LogP contribution is 2.26. The summed E-state index contributed by atoms with van der Waals surface area (Å²) in [4.78, 5) is 15.7. The number of Topliss-reactive ketones (excluding diaryl/α,β-unsaturated/α-hetero) is 1. The van der Waals surface area contributed by atoms with Crippen LogP contribution in [0.2, 0.25) is 0 Å². The zero-order valence-electron chi connectivity index (χ0n) is 10.5. The Bertz CT molecular complexity index is 550. The average molecular weight is 241 g/mol. The summed E-state index contributed by atoms with van der Waals surface area (Å²) in [5, 5.41) is 0. The van der Waals surface area contributed by atoms with Crippen molar-refractivity contribution in [3.63, 3.8) is 0 Å². The molecule has 1 aromatic heterocycles. The Morgan fingerprint density at radius 3 is 2.72 bits per heavy atom. The minimum Gasteiger partial charge on any atom is -0.493 e. The van der Waals surface area contributed by atoms with E-state index in [9.17, 15) is 4.79 Å². The van der Waals surface area contributed by atoms with E-state index in [1.165, 1.54) is 0 Å². The van der Waals surface area contributed by atoms with E-state index in [1.807, 2.05) is 37.3 Å². The largest absolute Gasteiger partial charge is 0.493 e. The predicted octanol–water partition coefficient (Wildman–Crippen LogP) is 3.35. The SMILES string of the molecule is CCOc1ccc(-c2cccnc2)cc1C(C)=O. The van der Waals surface area contributed by atoms with Crippen LogP contribution in [0.5, 0.6) is 5.75 Å². The van der Waals surface area contributed by atoms with E-state index in [0.29, 0.717) is 17.9 Å². The fourth-order valence-electron chi connectivity index (χ4n) is 1.80. The van der Waals surface area contributed by atoms with E-state index in [0.717, 1.165) is 11.1 Å². The molecule has 2 aromatic rings. The normalized spacial score (nSPS) is 10.1. The smallest absolute Gasteiger partial charge is 0.163 e. The molecule has 3 nitrogen and oxygen atoms in total. The van der Waals surface area contributed by atoms with E-state index in [1.54, 1.807) is 19.3 Å². The number of rotatable bonds is 4. The van der Waals surface area contributed by atoms with E-state index in [2.05, 4.69) is 4.98 Å². The monoisotopic (exact) mass is 241 g/mol. The Morgan fingerprint density at radius 2 is 2.11 bits per heavy atom. The van der Waals surface area contributed by atoms with Gasteiger partial charge in [0.2, 0.25) is 0 Å². The van der Waals surface area contributed by atoms with Crippen LogP contribution in [0.3, 0.4) is 0 Å². The van der Waals surface area contributed by atoms with Crippen LogP contribution in [0.15, 0.2) is 42.7 Å². The summed E-state index contributed by atoms with van der Waals surface area (Å²) in [6, 6.07) is 9.47. The number of benzene rings is 1. The highest BCUT2D eigenvalue weighted by Gasteiger charge is 2.10. The first kappa shape index (κ1) is 12.3. The number of hydrogen-bond acceptors (Lipinski definition) is 3. The van der Waals surface area contributed by atoms with E-state index in [-0.39, 0.29) is 5.78 Å². The molecule has 0 aliphatic rings. The molecule has 0 fully saturated rings. The summed E-state index contributed by atoms with van der Waals surface area (Å²) >= 11 is 0. The quantitative estimate of drug-likeness (QED) is 0.770. The molecule has 18 heavy (non-hydrogen) atoms. The molecule has 3 heteroatoms. The molecule has 0 atom stereocenters. The van der Waals surface area contributed by atoms with Crippen LogP contribution in [0.1, 0.15) is 24.2 Å². The number of nitrogens with zero attached hydrogens (tertiary/aromatic N) is 1. The molecular formula is C15H15NO2. The zero-order chi connectivity index (χ0) is 13.0. The minimum atomic E-state index is 0.00388. The second-order valence-corrected chi connectivity index (χ2v) is 3.94. The number of carbonyl (C=O) groups is 1. The molecule has 0 radical (unpaired) electrons. The number of aromatic nitrogens is 1. The molecule has 0 N–H and O–H groups in total. The maximum Gasteiger partial charge on any atom is 0.163 e. The molecule has 1 aromatic carbocycles. The van der Waals surface area contributed by atoms with Gasteiger partial charge >= 0.3 is 0 Å². The summed E-state index contributed by atoms with van der Waals surface area (Å²) in [5.74, 6) is 0.641. The Morgan fingerprint density at radius 1 is 1.28 bits per heavy atom. The van der Waals surface area contributed by atoms with Gasteiger partial charge in [-0.2, -0.15) is 0 Å². The van der Waals surface area contributed by atoms with Gasteiger partial charge in [0.15, 0.2) is 5.78 Å². The third-order valence-corrected chi connectivity index (χ3v) is 2.65. The molecule has 0 amide bonds. The fourth-order valence-corrected chi connectivity index (χ4v) is 1.80. The minimum absolute atomic E-state index is 0.00388. The molecule has 0 bridgehead atoms. The molecule has 0 unspecified atom stereocenters. The van der Waals surface area contributed by atoms with Crippen LogP contribution >= 0.6 is 0 Å². The molecule has 92 valence electrons. The van der Waals surface area contributed by atoms with Crippen LogP contribution in [-0.4, -0.2) is 17.4 Å². The maximum atomic E-state index is 11.6. The van der Waals surface area contributed by atoms with E-state index in [4.69, 9.17) is 4.74 Å². The van der Waals surface area contributed by atoms with Crippen molar-refractivity contribution in [1.82, 2.24) is 4.98 Å². The number of ketones is 1. The Labute approximate surface area is 106 Å². The van der Waals surface area contributed by atoms with Gasteiger partial charge in [0.1, 0.15) is 5.75 Å². The van der Waals surface area contributed by atoms with Crippen molar-refractivity contribution >= 4 is 5.78 Å². The van der Waals surface area contributed by atoms with Crippen molar-refractivity contribution in [3.05, 3.63) is 48.3 Å². The lowest BCUT2D eigenvalue weighted by molar-refractivity contribution is 0.101. The molecule has 0 aliphatic heterocycles.